The van der Waals surface area contributed by atoms with E-state index in [9.17, 15) is 55.9 Å². The van der Waals surface area contributed by atoms with E-state index in [1.165, 1.54) is 7.11 Å². The Kier molecular flexibility index (Phi) is 16.4. The molecular weight excluding hydrogens is 941 g/mol. The number of carbonyl (C=O) groups is 1. The molecular formula is C49H78O22. The van der Waals surface area contributed by atoms with Gasteiger partial charge in [-0.2, -0.15) is 0 Å². The lowest BCUT2D eigenvalue weighted by Gasteiger charge is -2.64. The number of hydrogen-bond acceptors (Lipinski definition) is 22. The monoisotopic (exact) mass is 1020 g/mol. The SMILES string of the molecule is CO[C@@H]1[C@@H](O)[C@H](O[C@H]2[C@@H](OC)C[C@H](O[C@H]3CC[C@@]4(C)[C@H](CC[C@@H]5[C@@H]4CC[C@]4(C)[C@@H](C6=CC(=O)OC6)CC[C@]54O)C3)O[C@@H]2C)O[C@H](CO)[C@@H]1O[C@@H]1O[C@H](CO[C@@H]2O[C@H](CO)[C@@H](O)[C@H](O)[C@H]2O)[C@@H](O)[C@H](O)[C@H]1O. The summed E-state index contributed by atoms with van der Waals surface area (Å²) in [6.07, 6.45) is -15.9. The maximum Gasteiger partial charge on any atom is 0.331 e. The molecule has 0 aromatic heterocycles. The fourth-order valence-corrected chi connectivity index (χ4v) is 14.7. The lowest BCUT2D eigenvalue weighted by atomic mass is 9.43. The number of fused-ring (bicyclic) bond motifs is 5. The molecule has 5 aliphatic heterocycles. The van der Waals surface area contributed by atoms with E-state index in [-0.39, 0.29) is 34.7 Å². The van der Waals surface area contributed by atoms with Gasteiger partial charge in [0.05, 0.1) is 43.7 Å². The van der Waals surface area contributed by atoms with Crippen molar-refractivity contribution in [2.45, 2.75) is 213 Å². The van der Waals surface area contributed by atoms with Crippen LogP contribution in [-0.4, -0.2) is 226 Å². The Morgan fingerprint density at radius 3 is 1.99 bits per heavy atom. The average molecular weight is 1020 g/mol. The normalized spacial score (nSPS) is 53.3. The van der Waals surface area contributed by atoms with Gasteiger partial charge in [-0.05, 0) is 99.4 Å². The minimum atomic E-state index is -1.86. The van der Waals surface area contributed by atoms with Gasteiger partial charge in [0.2, 0.25) is 0 Å². The van der Waals surface area contributed by atoms with Crippen LogP contribution in [0.25, 0.3) is 0 Å². The van der Waals surface area contributed by atoms with Gasteiger partial charge in [-0.15, -0.1) is 0 Å². The Bertz CT molecular complexity index is 1860. The quantitative estimate of drug-likeness (QED) is 0.0683. The molecule has 8 fully saturated rings. The van der Waals surface area contributed by atoms with Crippen molar-refractivity contribution in [3.8, 4) is 0 Å². The molecule has 9 rings (SSSR count). The zero-order chi connectivity index (χ0) is 50.9. The molecule has 0 radical (unpaired) electrons. The molecule has 0 spiro atoms. The highest BCUT2D eigenvalue weighted by molar-refractivity contribution is 5.85. The first-order valence-electron chi connectivity index (χ1n) is 25.6. The Morgan fingerprint density at radius 1 is 0.648 bits per heavy atom. The third-order valence-corrected chi connectivity index (χ3v) is 18.8. The molecule has 5 heterocycles. The fraction of sp³-hybridized carbons (Fsp3) is 0.939. The molecule has 9 aliphatic rings. The molecule has 4 aliphatic carbocycles. The second kappa shape index (κ2) is 21.4. The second-order valence-electron chi connectivity index (χ2n) is 22.3. The standard InChI is InChI=1S/C49H78O22/c1-21-41(70-46-40(59)43(62-5)42(30(18-51)68-46)71-45-39(58)37(56)35(54)31(69-45)20-64-44-38(57)36(55)34(53)29(17-50)67-44)28(61-4)16-33(65-21)66-24-8-11-47(2)23(15-24)6-7-27-26(47)9-12-48(3)25(10-13-49(27,48)60)22-14-32(52)63-19-22/h14,21,23-31,33-46,50-51,53-60H,6-13,15-20H2,1-5H3/t21-,23-,24+,25-,26+,27-,28+,29-,30-,31-,33+,34-,35-,36+,37+,38-,39-,40-,41-,42+,43-,44-,45+,46+,47+,48-,49+/m1/s1. The van der Waals surface area contributed by atoms with Crippen LogP contribution in [0.2, 0.25) is 0 Å². The molecule has 4 saturated carbocycles. The van der Waals surface area contributed by atoms with Crippen molar-refractivity contribution in [3.05, 3.63) is 11.6 Å². The number of methoxy groups -OCH3 is 2. The van der Waals surface area contributed by atoms with Gasteiger partial charge in [0, 0.05) is 32.1 Å². The number of rotatable bonds is 14. The third-order valence-electron chi connectivity index (χ3n) is 18.8. The molecule has 0 amide bonds. The van der Waals surface area contributed by atoms with E-state index in [0.29, 0.717) is 24.9 Å². The first kappa shape index (κ1) is 54.2. The number of aliphatic hydroxyl groups excluding tert-OH is 9. The van der Waals surface area contributed by atoms with Gasteiger partial charge in [0.1, 0.15) is 86.0 Å². The van der Waals surface area contributed by atoms with Crippen molar-refractivity contribution in [1.29, 1.82) is 0 Å². The average Bonchev–Trinajstić information content (AvgIpc) is 3.91. The van der Waals surface area contributed by atoms with E-state index in [1.54, 1.807) is 13.2 Å². The van der Waals surface area contributed by atoms with Crippen molar-refractivity contribution in [2.24, 2.45) is 34.5 Å². The Balaban J connectivity index is 0.788. The minimum Gasteiger partial charge on any atom is -0.458 e. The van der Waals surface area contributed by atoms with E-state index in [0.717, 1.165) is 63.4 Å². The summed E-state index contributed by atoms with van der Waals surface area (Å²) in [7, 11) is 2.84. The van der Waals surface area contributed by atoms with Crippen LogP contribution in [0.1, 0.15) is 85.0 Å². The number of aliphatic hydroxyl groups is 10. The van der Waals surface area contributed by atoms with Gasteiger partial charge >= 0.3 is 5.97 Å². The highest BCUT2D eigenvalue weighted by Crippen LogP contribution is 2.70. The van der Waals surface area contributed by atoms with Crippen LogP contribution in [-0.2, 0) is 56.9 Å². The number of esters is 1. The van der Waals surface area contributed by atoms with E-state index in [4.69, 9.17) is 52.1 Å². The summed E-state index contributed by atoms with van der Waals surface area (Å²) in [4.78, 5) is 12.0. The number of cyclic esters (lactones) is 1. The first-order chi connectivity index (χ1) is 33.8. The predicted octanol–water partition coefficient (Wildman–Crippen LogP) is -1.73. The van der Waals surface area contributed by atoms with Crippen LogP contribution in [0.4, 0.5) is 0 Å². The van der Waals surface area contributed by atoms with Crippen LogP contribution in [0, 0.1) is 34.5 Å². The summed E-state index contributed by atoms with van der Waals surface area (Å²) in [6.45, 7) is 4.82. The van der Waals surface area contributed by atoms with Crippen molar-refractivity contribution >= 4 is 5.97 Å². The van der Waals surface area contributed by atoms with Crippen LogP contribution in [0.5, 0.6) is 0 Å². The second-order valence-corrected chi connectivity index (χ2v) is 22.3. The molecule has 406 valence electrons. The van der Waals surface area contributed by atoms with Crippen molar-refractivity contribution < 1.29 is 108 Å². The van der Waals surface area contributed by atoms with E-state index in [1.807, 2.05) is 6.92 Å². The minimum absolute atomic E-state index is 0.0501. The summed E-state index contributed by atoms with van der Waals surface area (Å²) in [6, 6.07) is 0. The molecule has 22 nitrogen and oxygen atoms in total. The van der Waals surface area contributed by atoms with Gasteiger partial charge in [0.15, 0.2) is 25.2 Å². The molecule has 0 aromatic rings. The van der Waals surface area contributed by atoms with Crippen LogP contribution in [0.15, 0.2) is 11.6 Å². The largest absolute Gasteiger partial charge is 0.458 e. The van der Waals surface area contributed by atoms with Crippen molar-refractivity contribution in [1.82, 2.24) is 0 Å². The van der Waals surface area contributed by atoms with Crippen LogP contribution < -0.4 is 0 Å². The molecule has 0 unspecified atom stereocenters. The number of ether oxygens (including phenoxy) is 11. The molecule has 0 bridgehead atoms. The summed E-state index contributed by atoms with van der Waals surface area (Å²) in [5.41, 5.74) is 0.00625. The smallest absolute Gasteiger partial charge is 0.331 e. The van der Waals surface area contributed by atoms with Crippen molar-refractivity contribution in [2.75, 3.05) is 40.6 Å². The lowest BCUT2D eigenvalue weighted by molar-refractivity contribution is -0.378. The summed E-state index contributed by atoms with van der Waals surface area (Å²) in [5.74, 6) is 0.873. The molecule has 0 aromatic carbocycles. The Labute approximate surface area is 413 Å². The topological polar surface area (TPSA) is 321 Å². The van der Waals surface area contributed by atoms with Gasteiger partial charge in [-0.1, -0.05) is 13.8 Å². The molecule has 22 heteroatoms. The maximum absolute atomic E-state index is 12.7. The molecule has 10 N–H and O–H groups in total. The summed E-state index contributed by atoms with van der Waals surface area (Å²) < 4.78 is 65.3. The Morgan fingerprint density at radius 2 is 1.31 bits per heavy atom. The molecule has 27 atom stereocenters. The zero-order valence-electron chi connectivity index (χ0n) is 41.2. The Hall–Kier alpha value is -1.59. The van der Waals surface area contributed by atoms with Gasteiger partial charge < -0.3 is 103 Å². The van der Waals surface area contributed by atoms with Crippen LogP contribution >= 0.6 is 0 Å². The van der Waals surface area contributed by atoms with Gasteiger partial charge in [-0.25, -0.2) is 4.79 Å². The first-order valence-corrected chi connectivity index (χ1v) is 25.6. The number of carbonyl (C=O) groups excluding carboxylic acids is 1. The highest BCUT2D eigenvalue weighted by atomic mass is 16.8. The number of hydrogen-bond donors (Lipinski definition) is 10. The molecule has 4 saturated heterocycles. The van der Waals surface area contributed by atoms with Crippen LogP contribution in [0.3, 0.4) is 0 Å². The van der Waals surface area contributed by atoms with Gasteiger partial charge in [0.25, 0.3) is 0 Å². The predicted molar refractivity (Wildman–Crippen MR) is 239 cm³/mol. The summed E-state index contributed by atoms with van der Waals surface area (Å²) in [5, 5.41) is 108. The highest BCUT2D eigenvalue weighted by Gasteiger charge is 2.68. The fourth-order valence-electron chi connectivity index (χ4n) is 14.7. The van der Waals surface area contributed by atoms with Gasteiger partial charge in [-0.3, -0.25) is 0 Å². The molecule has 71 heavy (non-hydrogen) atoms. The zero-order valence-corrected chi connectivity index (χ0v) is 41.2. The van der Waals surface area contributed by atoms with E-state index >= 15 is 0 Å². The lowest BCUT2D eigenvalue weighted by Crippen LogP contribution is -2.66. The van der Waals surface area contributed by atoms with E-state index < -0.39 is 142 Å². The summed E-state index contributed by atoms with van der Waals surface area (Å²) >= 11 is 0. The third kappa shape index (κ3) is 9.69. The van der Waals surface area contributed by atoms with E-state index in [2.05, 4.69) is 13.8 Å². The maximum atomic E-state index is 12.7. The van der Waals surface area contributed by atoms with Crippen molar-refractivity contribution in [3.63, 3.8) is 0 Å².